The van der Waals surface area contributed by atoms with Crippen molar-refractivity contribution in [3.05, 3.63) is 6.92 Å². The van der Waals surface area contributed by atoms with Crippen LogP contribution in [-0.4, -0.2) is 10.9 Å². The lowest BCUT2D eigenvalue weighted by Crippen LogP contribution is -1.92. The number of carbonyl (C=O) groups excluding carboxylic acids is 1. The zero-order chi connectivity index (χ0) is 14.2. The molecule has 0 aromatic carbocycles. The summed E-state index contributed by atoms with van der Waals surface area (Å²) in [6, 6.07) is 0. The van der Waals surface area contributed by atoms with Crippen LogP contribution >= 0.6 is 11.8 Å². The molecule has 1 nitrogen and oxygen atoms in total. The molecule has 0 bridgehead atoms. The molecule has 0 heterocycles. The Bertz CT molecular complexity index is 192. The SMILES string of the molecule is [CH2]CSC(=O)CCCCCCCCCCCCCC. The molecule has 113 valence electrons. The second-order valence-electron chi connectivity index (χ2n) is 5.36. The standard InChI is InChI=1S/C17H33OS/c1-3-5-6-7-8-9-10-11-12-13-14-15-16-17(18)19-4-2/h2-16H2,1H3. The molecule has 1 radical (unpaired) electrons. The Morgan fingerprint density at radius 3 is 1.63 bits per heavy atom. The summed E-state index contributed by atoms with van der Waals surface area (Å²) < 4.78 is 0. The molecule has 0 aromatic rings. The van der Waals surface area contributed by atoms with Crippen LogP contribution in [0.5, 0.6) is 0 Å². The minimum atomic E-state index is 0.321. The number of thioether (sulfide) groups is 1. The van der Waals surface area contributed by atoms with E-state index in [1.807, 2.05) is 0 Å². The fraction of sp³-hybridized carbons (Fsp3) is 0.882. The predicted molar refractivity (Wildman–Crippen MR) is 88.5 cm³/mol. The Morgan fingerprint density at radius 2 is 1.21 bits per heavy atom. The van der Waals surface area contributed by atoms with Gasteiger partial charge in [-0.2, -0.15) is 0 Å². The first-order valence-corrected chi connectivity index (χ1v) is 9.24. The molecule has 0 saturated carbocycles. The normalized spacial score (nSPS) is 10.8. The smallest absolute Gasteiger partial charge is 0.188 e. The highest BCUT2D eigenvalue weighted by atomic mass is 32.2. The van der Waals surface area contributed by atoms with Gasteiger partial charge in [0.05, 0.1) is 0 Å². The van der Waals surface area contributed by atoms with E-state index in [0.29, 0.717) is 10.9 Å². The van der Waals surface area contributed by atoms with E-state index >= 15 is 0 Å². The van der Waals surface area contributed by atoms with Crippen molar-refractivity contribution < 1.29 is 4.79 Å². The van der Waals surface area contributed by atoms with E-state index < -0.39 is 0 Å². The molecule has 0 atom stereocenters. The summed E-state index contributed by atoms with van der Waals surface area (Å²) >= 11 is 1.36. The van der Waals surface area contributed by atoms with Crippen molar-refractivity contribution in [3.8, 4) is 0 Å². The Labute approximate surface area is 125 Å². The van der Waals surface area contributed by atoms with Crippen molar-refractivity contribution in [2.75, 3.05) is 5.75 Å². The van der Waals surface area contributed by atoms with E-state index in [2.05, 4.69) is 13.8 Å². The van der Waals surface area contributed by atoms with Crippen LogP contribution in [0.1, 0.15) is 90.4 Å². The number of hydrogen-bond donors (Lipinski definition) is 0. The summed E-state index contributed by atoms with van der Waals surface area (Å²) in [5.41, 5.74) is 0. The van der Waals surface area contributed by atoms with Crippen LogP contribution in [0.3, 0.4) is 0 Å². The molecule has 0 fully saturated rings. The zero-order valence-corrected chi connectivity index (χ0v) is 13.7. The molecular formula is C17H33OS. The lowest BCUT2D eigenvalue weighted by atomic mass is 10.0. The van der Waals surface area contributed by atoms with Crippen LogP contribution in [0.25, 0.3) is 0 Å². The molecule has 0 rings (SSSR count). The average molecular weight is 286 g/mol. The second-order valence-corrected chi connectivity index (χ2v) is 6.51. The van der Waals surface area contributed by atoms with Gasteiger partial charge in [-0.1, -0.05) is 89.3 Å². The maximum Gasteiger partial charge on any atom is 0.188 e. The van der Waals surface area contributed by atoms with Gasteiger partial charge in [0.2, 0.25) is 0 Å². The summed E-state index contributed by atoms with van der Waals surface area (Å²) in [6.07, 6.45) is 16.9. The average Bonchev–Trinajstić information content (AvgIpc) is 2.40. The highest BCUT2D eigenvalue weighted by molar-refractivity contribution is 8.13. The van der Waals surface area contributed by atoms with Gasteiger partial charge in [0.15, 0.2) is 5.12 Å². The van der Waals surface area contributed by atoms with Crippen molar-refractivity contribution in [2.24, 2.45) is 0 Å². The molecule has 0 amide bonds. The Morgan fingerprint density at radius 1 is 0.789 bits per heavy atom. The van der Waals surface area contributed by atoms with Crippen molar-refractivity contribution in [2.45, 2.75) is 90.4 Å². The number of unbranched alkanes of at least 4 members (excludes halogenated alkanes) is 11. The van der Waals surface area contributed by atoms with Gasteiger partial charge in [0.1, 0.15) is 0 Å². The Hall–Kier alpha value is 0.0200. The summed E-state index contributed by atoms with van der Waals surface area (Å²) in [7, 11) is 0. The van der Waals surface area contributed by atoms with Crippen molar-refractivity contribution in [1.29, 1.82) is 0 Å². The van der Waals surface area contributed by atoms with E-state index in [0.717, 1.165) is 12.8 Å². The molecule has 2 heteroatoms. The minimum absolute atomic E-state index is 0.321. The molecular weight excluding hydrogens is 252 g/mol. The van der Waals surface area contributed by atoms with Gasteiger partial charge in [-0.3, -0.25) is 4.79 Å². The molecule has 0 unspecified atom stereocenters. The molecule has 0 spiro atoms. The number of carbonyl (C=O) groups is 1. The lowest BCUT2D eigenvalue weighted by molar-refractivity contribution is -0.111. The van der Waals surface area contributed by atoms with Gasteiger partial charge >= 0.3 is 0 Å². The van der Waals surface area contributed by atoms with Crippen LogP contribution < -0.4 is 0 Å². The van der Waals surface area contributed by atoms with E-state index in [4.69, 9.17) is 0 Å². The van der Waals surface area contributed by atoms with Crippen LogP contribution in [0.4, 0.5) is 0 Å². The first kappa shape index (κ1) is 19.0. The summed E-state index contributed by atoms with van der Waals surface area (Å²) in [5.74, 6) is 0.678. The minimum Gasteiger partial charge on any atom is -0.287 e. The maximum atomic E-state index is 11.2. The first-order valence-electron chi connectivity index (χ1n) is 8.26. The molecule has 0 saturated heterocycles. The third-order valence-corrected chi connectivity index (χ3v) is 4.23. The summed E-state index contributed by atoms with van der Waals surface area (Å²) in [6.45, 7) is 5.95. The fourth-order valence-electron chi connectivity index (χ4n) is 2.30. The third-order valence-electron chi connectivity index (χ3n) is 3.50. The Balaban J connectivity index is 3.01. The van der Waals surface area contributed by atoms with E-state index in [9.17, 15) is 4.79 Å². The third kappa shape index (κ3) is 16.0. The second kappa shape index (κ2) is 16.1. The number of hydrogen-bond acceptors (Lipinski definition) is 2. The number of rotatable bonds is 14. The van der Waals surface area contributed by atoms with Crippen LogP contribution in [0.2, 0.25) is 0 Å². The fourth-order valence-corrected chi connectivity index (χ4v) is 2.81. The first-order chi connectivity index (χ1) is 9.31. The van der Waals surface area contributed by atoms with Crippen LogP contribution in [0, 0.1) is 6.92 Å². The van der Waals surface area contributed by atoms with Gasteiger partial charge in [0, 0.05) is 12.2 Å². The van der Waals surface area contributed by atoms with Crippen LogP contribution in [-0.2, 0) is 4.79 Å². The van der Waals surface area contributed by atoms with Gasteiger partial charge in [-0.25, -0.2) is 0 Å². The van der Waals surface area contributed by atoms with E-state index in [-0.39, 0.29) is 0 Å². The van der Waals surface area contributed by atoms with Gasteiger partial charge in [-0.15, -0.1) is 0 Å². The maximum absolute atomic E-state index is 11.2. The van der Waals surface area contributed by atoms with Gasteiger partial charge in [0.25, 0.3) is 0 Å². The quantitative estimate of drug-likeness (QED) is 0.355. The Kier molecular flexibility index (Phi) is 16.1. The summed E-state index contributed by atoms with van der Waals surface area (Å²) in [5, 5.41) is 0.321. The largest absolute Gasteiger partial charge is 0.287 e. The highest BCUT2D eigenvalue weighted by Gasteiger charge is 2.00. The van der Waals surface area contributed by atoms with E-state index in [1.165, 1.54) is 82.4 Å². The predicted octanol–water partition coefficient (Wildman–Crippen LogP) is 6.17. The van der Waals surface area contributed by atoms with Gasteiger partial charge in [-0.05, 0) is 13.3 Å². The van der Waals surface area contributed by atoms with Crippen molar-refractivity contribution in [1.82, 2.24) is 0 Å². The van der Waals surface area contributed by atoms with Crippen molar-refractivity contribution in [3.63, 3.8) is 0 Å². The highest BCUT2D eigenvalue weighted by Crippen LogP contribution is 2.14. The van der Waals surface area contributed by atoms with Gasteiger partial charge < -0.3 is 0 Å². The molecule has 0 N–H and O–H groups in total. The summed E-state index contributed by atoms with van der Waals surface area (Å²) in [4.78, 5) is 11.2. The lowest BCUT2D eigenvalue weighted by Gasteiger charge is -2.02. The molecule has 0 aliphatic rings. The topological polar surface area (TPSA) is 17.1 Å². The molecule has 19 heavy (non-hydrogen) atoms. The van der Waals surface area contributed by atoms with Crippen molar-refractivity contribution >= 4 is 16.9 Å². The molecule has 0 aromatic heterocycles. The molecule has 0 aliphatic carbocycles. The monoisotopic (exact) mass is 285 g/mol. The zero-order valence-electron chi connectivity index (χ0n) is 12.9. The van der Waals surface area contributed by atoms with Crippen LogP contribution in [0.15, 0.2) is 0 Å². The van der Waals surface area contributed by atoms with E-state index in [1.54, 1.807) is 0 Å². The molecule has 0 aliphatic heterocycles.